The van der Waals surface area contributed by atoms with Gasteiger partial charge in [0.1, 0.15) is 0 Å². The molecule has 0 N–H and O–H groups in total. The molecule has 0 aromatic heterocycles. The molecule has 0 saturated heterocycles. The highest BCUT2D eigenvalue weighted by Gasteiger charge is 2.79. The van der Waals surface area contributed by atoms with Crippen LogP contribution in [-0.2, 0) is 10.8 Å². The molecule has 7 aliphatic rings. The van der Waals surface area contributed by atoms with E-state index in [1.807, 2.05) is 22.3 Å². The third-order valence-electron chi connectivity index (χ3n) is 26.7. The van der Waals surface area contributed by atoms with Crippen LogP contribution < -0.4 is 0 Å². The summed E-state index contributed by atoms with van der Waals surface area (Å²) < 4.78 is 0. The van der Waals surface area contributed by atoms with Gasteiger partial charge >= 0.3 is 0 Å². The molecule has 0 aliphatic heterocycles. The molecule has 0 heteroatoms. The summed E-state index contributed by atoms with van der Waals surface area (Å²) in [5.74, 6) is 0.906. The molecule has 0 amide bonds. The zero-order valence-corrected chi connectivity index (χ0v) is 35.2. The van der Waals surface area contributed by atoms with Crippen molar-refractivity contribution in [1.82, 2.24) is 0 Å². The smallest absolute Gasteiger partial charge is 0.0441 e. The first-order valence-corrected chi connectivity index (χ1v) is 26.3. The first-order valence-electron chi connectivity index (χ1n) is 26.3. The van der Waals surface area contributed by atoms with E-state index >= 15 is 0 Å². The molecule has 0 heterocycles. The van der Waals surface area contributed by atoms with Crippen molar-refractivity contribution in [2.24, 2.45) is 0 Å². The Morgan fingerprint density at radius 3 is 0.464 bits per heavy atom. The lowest BCUT2D eigenvalue weighted by molar-refractivity contribution is 0.316. The highest BCUT2D eigenvalue weighted by atomic mass is 14.8. The van der Waals surface area contributed by atoms with Crippen molar-refractivity contribution in [1.29, 1.82) is 0 Å². The minimum atomic E-state index is -0.141. The van der Waals surface area contributed by atoms with Gasteiger partial charge in [-0.2, -0.15) is 0 Å². The van der Waals surface area contributed by atoms with Gasteiger partial charge in [0, 0.05) is 10.8 Å². The summed E-state index contributed by atoms with van der Waals surface area (Å²) in [5.41, 5.74) is 10.5. The summed E-state index contributed by atoms with van der Waals surface area (Å²) >= 11 is 0. The van der Waals surface area contributed by atoms with Gasteiger partial charge in [-0.3, -0.25) is 0 Å². The minimum absolute atomic E-state index is 0.141. The Morgan fingerprint density at radius 1 is 0.188 bits per heavy atom. The Kier molecular flexibility index (Phi) is 1.94. The van der Waals surface area contributed by atoms with Gasteiger partial charge in [0.15, 0.2) is 0 Å². The Bertz CT molecular complexity index is 6820. The van der Waals surface area contributed by atoms with Gasteiger partial charge < -0.3 is 0 Å². The van der Waals surface area contributed by atoms with Gasteiger partial charge in [0.05, 0.1) is 0 Å². The molecule has 0 unspecified atom stereocenters. The van der Waals surface area contributed by atoms with Crippen molar-refractivity contribution in [2.45, 2.75) is 29.1 Å². The van der Waals surface area contributed by atoms with Gasteiger partial charge in [-0.25, -0.2) is 0 Å². The average molecular weight is 837 g/mol. The Hall–Kier alpha value is -8.32. The molecule has 0 radical (unpaired) electrons. The lowest BCUT2D eigenvalue weighted by Gasteiger charge is -2.57. The number of benzene rings is 19. The van der Waals surface area contributed by atoms with Crippen LogP contribution in [0.5, 0.6) is 0 Å². The fraction of sp³-hybridized carbons (Fsp3) is 0.0725. The standard InChI is InChI=1S/C69H8/c1-2-4-7-6(3-1)8-5-9(7)69-66-58-50-40-30-22-14-11-10-12-16-18(14)26-32-24(16)34-28-20(12)21-13(10)17-19-15(11)23(22)31-37-27(19)33-25(17)35-29(21)39-38(28)48-42(34)52-46(32)54(44(50)36(26)30)62(66)60(52)64-56(48)57-49(39)43(35)53-47(33)55-45(37)51(41(31)40)59(58)67(69)63(55)61(53)65(57)68(8,64)69/h1-4,8-9H,5H2/t8-,9+,68?,69?. The lowest BCUT2D eigenvalue weighted by Crippen LogP contribution is -2.54. The van der Waals surface area contributed by atoms with E-state index in [0.717, 1.165) is 0 Å². The Balaban J connectivity index is 1.20. The predicted molar refractivity (Wildman–Crippen MR) is 290 cm³/mol. The van der Waals surface area contributed by atoms with Crippen molar-refractivity contribution >= 4 is 291 Å². The van der Waals surface area contributed by atoms with Crippen LogP contribution in [0, 0.1) is 0 Å². The summed E-state index contributed by atoms with van der Waals surface area (Å²) in [5, 5.41) is 91.9. The van der Waals surface area contributed by atoms with E-state index in [-0.39, 0.29) is 10.8 Å². The van der Waals surface area contributed by atoms with Gasteiger partial charge in [0.2, 0.25) is 0 Å². The molecule has 2 bridgehead atoms. The van der Waals surface area contributed by atoms with E-state index in [2.05, 4.69) is 24.3 Å². The molecule has 0 nitrogen and oxygen atoms in total. The third kappa shape index (κ3) is 1.24. The molecule has 69 heavy (non-hydrogen) atoms. The van der Waals surface area contributed by atoms with E-state index in [4.69, 9.17) is 0 Å². The summed E-state index contributed by atoms with van der Waals surface area (Å²) in [6, 6.07) is 10.1. The maximum Gasteiger partial charge on any atom is 0.0441 e. The average Bonchev–Trinajstić information content (AvgIpc) is 4.25. The second-order valence-corrected chi connectivity index (χ2v) is 26.3. The van der Waals surface area contributed by atoms with Gasteiger partial charge in [-0.15, -0.1) is 0 Å². The van der Waals surface area contributed by atoms with Crippen molar-refractivity contribution in [3.63, 3.8) is 0 Å². The van der Waals surface area contributed by atoms with Gasteiger partial charge in [-0.1, -0.05) is 24.3 Å². The van der Waals surface area contributed by atoms with Crippen molar-refractivity contribution < 1.29 is 0 Å². The largest absolute Gasteiger partial charge is 0.0620 e. The maximum atomic E-state index is 2.64. The van der Waals surface area contributed by atoms with Crippen LogP contribution in [0.1, 0.15) is 51.6 Å². The lowest BCUT2D eigenvalue weighted by atomic mass is 9.43. The summed E-state index contributed by atoms with van der Waals surface area (Å²) in [6.07, 6.45) is 1.27. The quantitative estimate of drug-likeness (QED) is 0.134. The second-order valence-electron chi connectivity index (χ2n) is 26.3. The monoisotopic (exact) mass is 836 g/mol. The van der Waals surface area contributed by atoms with E-state index < -0.39 is 0 Å². The van der Waals surface area contributed by atoms with E-state index in [1.165, 1.54) is 6.42 Å². The molecule has 7 aliphatic carbocycles. The topological polar surface area (TPSA) is 0 Å². The van der Waals surface area contributed by atoms with Gasteiger partial charge in [-0.05, 0) is 342 Å². The molecule has 2 atom stereocenters. The van der Waals surface area contributed by atoms with Crippen LogP contribution in [0.2, 0.25) is 0 Å². The van der Waals surface area contributed by atoms with Crippen molar-refractivity contribution in [3.8, 4) is 0 Å². The summed E-state index contributed by atoms with van der Waals surface area (Å²) in [4.78, 5) is 0. The Morgan fingerprint density at radius 2 is 0.319 bits per heavy atom. The predicted octanol–water partition coefficient (Wildman–Crippen LogP) is 18.6. The SMILES string of the molecule is c1ccc2c(c1)[C@H]1C[C@@H]2C23c4c5c6c7c8c9c(c%10c%11c2c2c4c4c%12c5c5c6c6c8c8c%13c9c9c%10c%10c%11c%11c2c2c4c4c%12c%12c5c5c6c8c6c8c%13c9c9c%10c%10c%11c2c2c4c4c%12c5c6c5c8c9c%10c2c45)C713. The molecule has 1 saturated carbocycles. The van der Waals surface area contributed by atoms with E-state index in [0.29, 0.717) is 11.8 Å². The van der Waals surface area contributed by atoms with E-state index in [9.17, 15) is 0 Å². The first-order chi connectivity index (χ1) is 34.4. The van der Waals surface area contributed by atoms with Crippen molar-refractivity contribution in [3.05, 3.63) is 57.6 Å². The molecule has 1 fully saturated rings. The van der Waals surface area contributed by atoms with E-state index in [1.54, 1.807) is 302 Å². The summed E-state index contributed by atoms with van der Waals surface area (Å²) in [7, 11) is 0. The minimum Gasteiger partial charge on any atom is -0.0620 e. The molecule has 2 spiro atoms. The van der Waals surface area contributed by atoms with Crippen LogP contribution in [0.15, 0.2) is 24.3 Å². The van der Waals surface area contributed by atoms with Crippen LogP contribution >= 0.6 is 0 Å². The fourth-order valence-corrected chi connectivity index (χ4v) is 27.1. The fourth-order valence-electron chi connectivity index (χ4n) is 27.1. The second kappa shape index (κ2) is 5.42. The summed E-state index contributed by atoms with van der Waals surface area (Å²) in [6.45, 7) is 0. The Labute approximate surface area is 375 Å². The zero-order chi connectivity index (χ0) is 40.3. The third-order valence-corrected chi connectivity index (χ3v) is 26.7. The zero-order valence-electron chi connectivity index (χ0n) is 35.2. The molecular weight excluding hydrogens is 829 g/mol. The van der Waals surface area contributed by atoms with Crippen LogP contribution in [-0.4, -0.2) is 0 Å². The molecule has 36 rings (SSSR count). The highest BCUT2D eigenvalue weighted by molar-refractivity contribution is 6.82. The van der Waals surface area contributed by atoms with Crippen molar-refractivity contribution in [2.75, 3.05) is 0 Å². The molecular formula is C69H8. The normalized spacial score (nSPS) is 25.2. The number of hydrogen-bond acceptors (Lipinski definition) is 0. The maximum absolute atomic E-state index is 2.64. The van der Waals surface area contributed by atoms with Gasteiger partial charge in [0.25, 0.3) is 0 Å². The highest BCUT2D eigenvalue weighted by Crippen LogP contribution is 2.90. The van der Waals surface area contributed by atoms with Crippen LogP contribution in [0.3, 0.4) is 0 Å². The van der Waals surface area contributed by atoms with Crippen LogP contribution in [0.25, 0.3) is 291 Å². The molecule has 29 aromatic carbocycles. The molecule has 29 aromatic rings. The number of hydrogen-bond donors (Lipinski definition) is 0. The molecule has 284 valence electrons. The number of rotatable bonds is 0. The first kappa shape index (κ1) is 24.6. The van der Waals surface area contributed by atoms with Crippen LogP contribution in [0.4, 0.5) is 0 Å².